The lowest BCUT2D eigenvalue weighted by Crippen LogP contribution is -2.10. The molecule has 9 aromatic rings. The van der Waals surface area contributed by atoms with Gasteiger partial charge in [-0.1, -0.05) is 109 Å². The molecule has 0 atom stereocenters. The highest BCUT2D eigenvalue weighted by atomic mass is 16.3. The largest absolute Gasteiger partial charge is 0.456 e. The molecule has 42 heavy (non-hydrogen) atoms. The van der Waals surface area contributed by atoms with Crippen molar-refractivity contribution in [3.63, 3.8) is 0 Å². The molecule has 0 saturated carbocycles. The molecule has 2 nitrogen and oxygen atoms in total. The summed E-state index contributed by atoms with van der Waals surface area (Å²) in [6.07, 6.45) is 0. The highest BCUT2D eigenvalue weighted by molar-refractivity contribution is 6.30. The summed E-state index contributed by atoms with van der Waals surface area (Å²) in [5, 5.41) is 12.3. The van der Waals surface area contributed by atoms with E-state index >= 15 is 0 Å². The fourth-order valence-electron chi connectivity index (χ4n) is 6.71. The molecule has 0 amide bonds. The van der Waals surface area contributed by atoms with Gasteiger partial charge in [0.25, 0.3) is 0 Å². The molecule has 9 rings (SSSR count). The molecule has 0 aliphatic carbocycles. The predicted octanol–water partition coefficient (Wildman–Crippen LogP) is 11.7. The SMILES string of the molecule is c1ccc(N(c2ccc3c(c2)oc2ccccc23)c2cc3ccc4ccccc4c3c3c2ccc2ccccc23)cc1. The van der Waals surface area contributed by atoms with Gasteiger partial charge in [0.2, 0.25) is 0 Å². The van der Waals surface area contributed by atoms with Crippen molar-refractivity contribution in [3.05, 3.63) is 152 Å². The summed E-state index contributed by atoms with van der Waals surface area (Å²) in [4.78, 5) is 2.37. The zero-order valence-electron chi connectivity index (χ0n) is 22.8. The van der Waals surface area contributed by atoms with Gasteiger partial charge in [0, 0.05) is 39.0 Å². The van der Waals surface area contributed by atoms with E-state index in [1.807, 2.05) is 12.1 Å². The van der Waals surface area contributed by atoms with Gasteiger partial charge in [0.15, 0.2) is 0 Å². The first kappa shape index (κ1) is 23.1. The molecule has 0 unspecified atom stereocenters. The van der Waals surface area contributed by atoms with Gasteiger partial charge in [-0.2, -0.15) is 0 Å². The van der Waals surface area contributed by atoms with Crippen LogP contribution in [-0.4, -0.2) is 0 Å². The Labute approximate surface area is 242 Å². The van der Waals surface area contributed by atoms with Crippen molar-refractivity contribution in [1.82, 2.24) is 0 Å². The highest BCUT2D eigenvalue weighted by Gasteiger charge is 2.20. The third-order valence-electron chi connectivity index (χ3n) is 8.58. The van der Waals surface area contributed by atoms with Gasteiger partial charge in [0.05, 0.1) is 5.69 Å². The molecule has 0 saturated heterocycles. The molecule has 0 aliphatic heterocycles. The van der Waals surface area contributed by atoms with Crippen LogP contribution < -0.4 is 4.90 Å². The first-order valence-corrected chi connectivity index (χ1v) is 14.4. The smallest absolute Gasteiger partial charge is 0.137 e. The zero-order valence-corrected chi connectivity index (χ0v) is 22.8. The zero-order chi connectivity index (χ0) is 27.6. The second kappa shape index (κ2) is 8.95. The van der Waals surface area contributed by atoms with E-state index in [1.165, 1.54) is 43.1 Å². The van der Waals surface area contributed by atoms with Crippen LogP contribution in [0.1, 0.15) is 0 Å². The summed E-state index contributed by atoms with van der Waals surface area (Å²) in [6.45, 7) is 0. The van der Waals surface area contributed by atoms with E-state index in [0.717, 1.165) is 39.0 Å². The Morgan fingerprint density at radius 1 is 0.357 bits per heavy atom. The topological polar surface area (TPSA) is 16.4 Å². The third-order valence-corrected chi connectivity index (χ3v) is 8.58. The normalized spacial score (nSPS) is 11.8. The quantitative estimate of drug-likeness (QED) is 0.209. The van der Waals surface area contributed by atoms with E-state index in [2.05, 4.69) is 144 Å². The van der Waals surface area contributed by atoms with Gasteiger partial charge in [-0.3, -0.25) is 0 Å². The van der Waals surface area contributed by atoms with Gasteiger partial charge in [-0.15, -0.1) is 0 Å². The number of para-hydroxylation sites is 2. The van der Waals surface area contributed by atoms with Crippen LogP contribution in [0, 0.1) is 0 Å². The Bertz CT molecular complexity index is 2470. The Hall–Kier alpha value is -5.60. The summed E-state index contributed by atoms with van der Waals surface area (Å²) < 4.78 is 6.35. The van der Waals surface area contributed by atoms with E-state index in [4.69, 9.17) is 4.42 Å². The molecule has 196 valence electrons. The van der Waals surface area contributed by atoms with Crippen LogP contribution in [0.15, 0.2) is 156 Å². The Balaban J connectivity index is 1.42. The molecule has 0 bridgehead atoms. The van der Waals surface area contributed by atoms with Gasteiger partial charge >= 0.3 is 0 Å². The number of benzene rings is 8. The summed E-state index contributed by atoms with van der Waals surface area (Å²) in [5.74, 6) is 0. The summed E-state index contributed by atoms with van der Waals surface area (Å²) >= 11 is 0. The van der Waals surface area contributed by atoms with Crippen LogP contribution in [0.4, 0.5) is 17.1 Å². The van der Waals surface area contributed by atoms with E-state index in [-0.39, 0.29) is 0 Å². The minimum atomic E-state index is 0.885. The van der Waals surface area contributed by atoms with Crippen LogP contribution in [0.3, 0.4) is 0 Å². The summed E-state index contributed by atoms with van der Waals surface area (Å²) in [6, 6.07) is 54.4. The third kappa shape index (κ3) is 3.39. The molecule has 0 N–H and O–H groups in total. The minimum Gasteiger partial charge on any atom is -0.456 e. The monoisotopic (exact) mass is 535 g/mol. The van der Waals surface area contributed by atoms with Crippen LogP contribution in [0.2, 0.25) is 0 Å². The van der Waals surface area contributed by atoms with Gasteiger partial charge in [-0.25, -0.2) is 0 Å². The predicted molar refractivity (Wildman–Crippen MR) is 178 cm³/mol. The number of hydrogen-bond donors (Lipinski definition) is 0. The van der Waals surface area contributed by atoms with Crippen molar-refractivity contribution in [3.8, 4) is 0 Å². The number of fused-ring (bicyclic) bond motifs is 10. The van der Waals surface area contributed by atoms with E-state index in [1.54, 1.807) is 0 Å². The summed E-state index contributed by atoms with van der Waals surface area (Å²) in [7, 11) is 0. The first-order chi connectivity index (χ1) is 20.8. The molecule has 0 fully saturated rings. The van der Waals surface area contributed by atoms with E-state index in [9.17, 15) is 0 Å². The van der Waals surface area contributed by atoms with Crippen molar-refractivity contribution in [2.75, 3.05) is 4.90 Å². The van der Waals surface area contributed by atoms with Crippen molar-refractivity contribution >= 4 is 82.1 Å². The fraction of sp³-hybridized carbons (Fsp3) is 0. The highest BCUT2D eigenvalue weighted by Crippen LogP contribution is 2.46. The molecule has 8 aromatic carbocycles. The van der Waals surface area contributed by atoms with Crippen molar-refractivity contribution in [2.24, 2.45) is 0 Å². The maximum absolute atomic E-state index is 6.35. The molecule has 0 spiro atoms. The molecule has 1 aromatic heterocycles. The van der Waals surface area contributed by atoms with Crippen LogP contribution >= 0.6 is 0 Å². The maximum Gasteiger partial charge on any atom is 0.137 e. The van der Waals surface area contributed by atoms with E-state index in [0.29, 0.717) is 0 Å². The molecule has 1 heterocycles. The Morgan fingerprint density at radius 3 is 1.76 bits per heavy atom. The van der Waals surface area contributed by atoms with Crippen LogP contribution in [0.5, 0.6) is 0 Å². The summed E-state index contributed by atoms with van der Waals surface area (Å²) in [5.41, 5.74) is 5.09. The number of anilines is 3. The van der Waals surface area contributed by atoms with Gasteiger partial charge in [-0.05, 0) is 68.7 Å². The van der Waals surface area contributed by atoms with Crippen LogP contribution in [-0.2, 0) is 0 Å². The van der Waals surface area contributed by atoms with Crippen LogP contribution in [0.25, 0.3) is 65.0 Å². The van der Waals surface area contributed by atoms with Crippen molar-refractivity contribution < 1.29 is 4.42 Å². The van der Waals surface area contributed by atoms with Gasteiger partial charge < -0.3 is 9.32 Å². The van der Waals surface area contributed by atoms with Crippen molar-refractivity contribution in [2.45, 2.75) is 0 Å². The standard InChI is InChI=1S/C40H25NO/c1-2-12-29(13-3-1)41(30-21-23-34-33-16-8-9-17-37(33)42-38(34)25-30)36-24-28-19-18-26-10-4-6-14-31(26)39(28)40-32-15-7-5-11-27(32)20-22-35(36)40/h1-25H. The first-order valence-electron chi connectivity index (χ1n) is 14.4. The molecular formula is C40H25NO. The van der Waals surface area contributed by atoms with Gasteiger partial charge in [0.1, 0.15) is 11.2 Å². The lowest BCUT2D eigenvalue weighted by Gasteiger charge is -2.28. The molecule has 2 heteroatoms. The Morgan fingerprint density at radius 2 is 0.952 bits per heavy atom. The second-order valence-electron chi connectivity index (χ2n) is 10.9. The fourth-order valence-corrected chi connectivity index (χ4v) is 6.71. The average Bonchev–Trinajstić information content (AvgIpc) is 3.43. The lowest BCUT2D eigenvalue weighted by atomic mass is 9.91. The second-order valence-corrected chi connectivity index (χ2v) is 10.9. The molecular weight excluding hydrogens is 510 g/mol. The minimum absolute atomic E-state index is 0.885. The molecule has 0 aliphatic rings. The Kier molecular flexibility index (Phi) is 4.93. The number of nitrogens with zero attached hydrogens (tertiary/aromatic N) is 1. The average molecular weight is 536 g/mol. The number of rotatable bonds is 3. The number of hydrogen-bond acceptors (Lipinski definition) is 2. The van der Waals surface area contributed by atoms with E-state index < -0.39 is 0 Å². The van der Waals surface area contributed by atoms with Crippen molar-refractivity contribution in [1.29, 1.82) is 0 Å². The number of furan rings is 1. The molecule has 0 radical (unpaired) electrons. The lowest BCUT2D eigenvalue weighted by molar-refractivity contribution is 0.669. The maximum atomic E-state index is 6.35.